The summed E-state index contributed by atoms with van der Waals surface area (Å²) in [5.74, 6) is 0.614. The standard InChI is InChI=1S/C21H22N2O3S/c1-17-6-3-4-8-19(17)16-27(24,25)23(15-18-7-5-13-22-14-18)20-9-11-21(26-2)12-10-20/h3-14H,15-16H2,1-2H3. The average molecular weight is 382 g/mol. The maximum absolute atomic E-state index is 13.3. The van der Waals surface area contributed by atoms with Crippen LogP contribution in [0, 0.1) is 6.92 Å². The van der Waals surface area contributed by atoms with E-state index in [0.717, 1.165) is 16.7 Å². The molecule has 5 nitrogen and oxygen atoms in total. The molecule has 3 aromatic rings. The van der Waals surface area contributed by atoms with Crippen LogP contribution >= 0.6 is 0 Å². The van der Waals surface area contributed by atoms with Crippen LogP contribution in [0.25, 0.3) is 0 Å². The van der Waals surface area contributed by atoms with Crippen molar-refractivity contribution in [1.29, 1.82) is 0 Å². The Morgan fingerprint density at radius 2 is 1.74 bits per heavy atom. The highest BCUT2D eigenvalue weighted by Crippen LogP contribution is 2.26. The fourth-order valence-electron chi connectivity index (χ4n) is 2.80. The van der Waals surface area contributed by atoms with E-state index in [0.29, 0.717) is 11.4 Å². The Hall–Kier alpha value is -2.86. The van der Waals surface area contributed by atoms with E-state index in [1.807, 2.05) is 37.3 Å². The van der Waals surface area contributed by atoms with Gasteiger partial charge in [0.15, 0.2) is 0 Å². The zero-order valence-electron chi connectivity index (χ0n) is 15.4. The number of pyridine rings is 1. The summed E-state index contributed by atoms with van der Waals surface area (Å²) < 4.78 is 33.2. The van der Waals surface area contributed by atoms with Crippen LogP contribution in [0.2, 0.25) is 0 Å². The number of nitrogens with zero attached hydrogens (tertiary/aromatic N) is 2. The Kier molecular flexibility index (Phi) is 5.76. The predicted molar refractivity (Wildman–Crippen MR) is 107 cm³/mol. The molecule has 0 amide bonds. The smallest absolute Gasteiger partial charge is 0.239 e. The molecule has 0 atom stereocenters. The van der Waals surface area contributed by atoms with Crippen molar-refractivity contribution in [2.45, 2.75) is 19.2 Å². The van der Waals surface area contributed by atoms with E-state index in [-0.39, 0.29) is 12.3 Å². The number of hydrogen-bond acceptors (Lipinski definition) is 4. The molecule has 2 aromatic carbocycles. The number of benzene rings is 2. The third-order valence-corrected chi connectivity index (χ3v) is 6.03. The highest BCUT2D eigenvalue weighted by atomic mass is 32.2. The quantitative estimate of drug-likeness (QED) is 0.621. The van der Waals surface area contributed by atoms with E-state index in [1.165, 1.54) is 4.31 Å². The topological polar surface area (TPSA) is 59.5 Å². The molecule has 140 valence electrons. The first-order chi connectivity index (χ1) is 13.0. The molecule has 0 spiro atoms. The highest BCUT2D eigenvalue weighted by molar-refractivity contribution is 7.92. The normalized spacial score (nSPS) is 11.2. The number of sulfonamides is 1. The first-order valence-corrected chi connectivity index (χ1v) is 10.2. The van der Waals surface area contributed by atoms with E-state index in [1.54, 1.807) is 49.8 Å². The number of anilines is 1. The van der Waals surface area contributed by atoms with Gasteiger partial charge in [0.1, 0.15) is 5.75 Å². The fourth-order valence-corrected chi connectivity index (χ4v) is 4.46. The minimum atomic E-state index is -3.60. The van der Waals surface area contributed by atoms with Crippen LogP contribution in [0.5, 0.6) is 5.75 Å². The van der Waals surface area contributed by atoms with Crippen molar-refractivity contribution in [3.8, 4) is 5.75 Å². The third-order valence-electron chi connectivity index (χ3n) is 4.34. The lowest BCUT2D eigenvalue weighted by Crippen LogP contribution is -2.31. The predicted octanol–water partition coefficient (Wildman–Crippen LogP) is 3.94. The summed E-state index contributed by atoms with van der Waals surface area (Å²) in [6.45, 7) is 2.14. The Morgan fingerprint density at radius 1 is 1.00 bits per heavy atom. The van der Waals surface area contributed by atoms with Crippen molar-refractivity contribution < 1.29 is 13.2 Å². The van der Waals surface area contributed by atoms with Crippen molar-refractivity contribution in [2.75, 3.05) is 11.4 Å². The van der Waals surface area contributed by atoms with Gasteiger partial charge in [-0.15, -0.1) is 0 Å². The van der Waals surface area contributed by atoms with Crippen molar-refractivity contribution in [1.82, 2.24) is 4.98 Å². The van der Waals surface area contributed by atoms with E-state index >= 15 is 0 Å². The summed E-state index contributed by atoms with van der Waals surface area (Å²) >= 11 is 0. The highest BCUT2D eigenvalue weighted by Gasteiger charge is 2.24. The molecule has 0 N–H and O–H groups in total. The molecule has 0 aliphatic carbocycles. The molecule has 3 rings (SSSR count). The number of aryl methyl sites for hydroxylation is 1. The molecule has 0 bridgehead atoms. The van der Waals surface area contributed by atoms with Gasteiger partial charge in [-0.05, 0) is 53.9 Å². The summed E-state index contributed by atoms with van der Waals surface area (Å²) in [5, 5.41) is 0. The van der Waals surface area contributed by atoms with Crippen LogP contribution in [0.15, 0.2) is 73.1 Å². The lowest BCUT2D eigenvalue weighted by Gasteiger charge is -2.25. The Balaban J connectivity index is 1.98. The van der Waals surface area contributed by atoms with Gasteiger partial charge in [0.25, 0.3) is 0 Å². The summed E-state index contributed by atoms with van der Waals surface area (Å²) in [7, 11) is -2.02. The second kappa shape index (κ2) is 8.22. The molecule has 27 heavy (non-hydrogen) atoms. The number of rotatable bonds is 7. The number of ether oxygens (including phenoxy) is 1. The van der Waals surface area contributed by atoms with Crippen molar-refractivity contribution >= 4 is 15.7 Å². The molecule has 1 aromatic heterocycles. The Morgan fingerprint density at radius 3 is 2.37 bits per heavy atom. The molecule has 0 aliphatic rings. The van der Waals surface area contributed by atoms with Gasteiger partial charge in [-0.2, -0.15) is 0 Å². The van der Waals surface area contributed by atoms with Gasteiger partial charge in [-0.3, -0.25) is 9.29 Å². The molecule has 0 unspecified atom stereocenters. The van der Waals surface area contributed by atoms with Crippen LogP contribution in [0.1, 0.15) is 16.7 Å². The molecular formula is C21H22N2O3S. The van der Waals surface area contributed by atoms with Gasteiger partial charge < -0.3 is 4.74 Å². The molecule has 0 saturated carbocycles. The van der Waals surface area contributed by atoms with Crippen LogP contribution in [0.3, 0.4) is 0 Å². The molecule has 1 heterocycles. The number of aromatic nitrogens is 1. The maximum atomic E-state index is 13.3. The molecule has 0 saturated heterocycles. The largest absolute Gasteiger partial charge is 0.497 e. The number of methoxy groups -OCH3 is 1. The lowest BCUT2D eigenvalue weighted by molar-refractivity contribution is 0.415. The summed E-state index contributed by atoms with van der Waals surface area (Å²) in [6.07, 6.45) is 3.35. The summed E-state index contributed by atoms with van der Waals surface area (Å²) in [4.78, 5) is 4.10. The first-order valence-electron chi connectivity index (χ1n) is 8.57. The van der Waals surface area contributed by atoms with Gasteiger partial charge in [-0.25, -0.2) is 8.42 Å². The second-order valence-corrected chi connectivity index (χ2v) is 8.14. The Bertz CT molecular complexity index is 987. The third kappa shape index (κ3) is 4.65. The fraction of sp³-hybridized carbons (Fsp3) is 0.190. The number of hydrogen-bond donors (Lipinski definition) is 0. The van der Waals surface area contributed by atoms with Crippen molar-refractivity contribution in [2.24, 2.45) is 0 Å². The minimum Gasteiger partial charge on any atom is -0.497 e. The van der Waals surface area contributed by atoms with Crippen molar-refractivity contribution in [3.05, 3.63) is 89.7 Å². The monoisotopic (exact) mass is 382 g/mol. The van der Waals surface area contributed by atoms with Gasteiger partial charge in [-0.1, -0.05) is 30.3 Å². The van der Waals surface area contributed by atoms with Crippen LogP contribution in [0.4, 0.5) is 5.69 Å². The van der Waals surface area contributed by atoms with E-state index in [2.05, 4.69) is 4.98 Å². The SMILES string of the molecule is COc1ccc(N(Cc2cccnc2)S(=O)(=O)Cc2ccccc2C)cc1. The molecule has 6 heteroatoms. The van der Waals surface area contributed by atoms with E-state index < -0.39 is 10.0 Å². The zero-order chi connectivity index (χ0) is 19.3. The molecule has 0 aliphatic heterocycles. The van der Waals surface area contributed by atoms with E-state index in [4.69, 9.17) is 4.74 Å². The van der Waals surface area contributed by atoms with Gasteiger partial charge >= 0.3 is 0 Å². The summed E-state index contributed by atoms with van der Waals surface area (Å²) in [5.41, 5.74) is 3.16. The lowest BCUT2D eigenvalue weighted by atomic mass is 10.1. The zero-order valence-corrected chi connectivity index (χ0v) is 16.2. The van der Waals surface area contributed by atoms with Crippen LogP contribution in [-0.2, 0) is 22.3 Å². The molecular weight excluding hydrogens is 360 g/mol. The van der Waals surface area contributed by atoms with E-state index in [9.17, 15) is 8.42 Å². The first kappa shape index (κ1) is 18.9. The van der Waals surface area contributed by atoms with Crippen molar-refractivity contribution in [3.63, 3.8) is 0 Å². The van der Waals surface area contributed by atoms with Gasteiger partial charge in [0.2, 0.25) is 10.0 Å². The van der Waals surface area contributed by atoms with Gasteiger partial charge in [0, 0.05) is 12.4 Å². The average Bonchev–Trinajstić information content (AvgIpc) is 2.69. The minimum absolute atomic E-state index is 0.0635. The summed E-state index contributed by atoms with van der Waals surface area (Å²) in [6, 6.07) is 18.2. The maximum Gasteiger partial charge on any atom is 0.239 e. The second-order valence-electron chi connectivity index (χ2n) is 6.25. The molecule has 0 radical (unpaired) electrons. The van der Waals surface area contributed by atoms with Crippen LogP contribution < -0.4 is 9.04 Å². The Labute approximate surface area is 160 Å². The van der Waals surface area contributed by atoms with Crippen LogP contribution in [-0.4, -0.2) is 20.5 Å². The van der Waals surface area contributed by atoms with Gasteiger partial charge in [0.05, 0.1) is 25.1 Å². The molecule has 0 fully saturated rings.